The van der Waals surface area contributed by atoms with E-state index >= 15 is 0 Å². The molecule has 1 aromatic carbocycles. The fourth-order valence-electron chi connectivity index (χ4n) is 2.67. The molecule has 0 saturated heterocycles. The van der Waals surface area contributed by atoms with Gasteiger partial charge in [0.15, 0.2) is 0 Å². The molecular weight excluding hydrogens is 242 g/mol. The smallest absolute Gasteiger partial charge is 0.0246 e. The zero-order valence-electron chi connectivity index (χ0n) is 11.3. The zero-order valence-corrected chi connectivity index (χ0v) is 12.1. The number of aryl methyl sites for hydroxylation is 1. The largest absolute Gasteiger partial charge is 0.311 e. The maximum absolute atomic E-state index is 11.1. The number of hydrogen-bond donors (Lipinski definition) is 1. The highest BCUT2D eigenvalue weighted by Crippen LogP contribution is 2.21. The number of fused-ring (bicyclic) bond motifs is 1. The summed E-state index contributed by atoms with van der Waals surface area (Å²) in [6.07, 6.45) is 6.32. The highest BCUT2D eigenvalue weighted by atomic mass is 32.2. The molecule has 2 nitrogen and oxygen atoms in total. The molecule has 18 heavy (non-hydrogen) atoms. The fourth-order valence-corrected chi connectivity index (χ4v) is 3.35. The molecule has 0 aliphatic heterocycles. The summed E-state index contributed by atoms with van der Waals surface area (Å²) in [5.41, 5.74) is 3.00. The topological polar surface area (TPSA) is 29.1 Å². The Morgan fingerprint density at radius 3 is 2.83 bits per heavy atom. The number of benzene rings is 1. The summed E-state index contributed by atoms with van der Waals surface area (Å²) in [6, 6.07) is 9.80. The van der Waals surface area contributed by atoms with Crippen molar-refractivity contribution in [1.29, 1.82) is 0 Å². The van der Waals surface area contributed by atoms with Crippen molar-refractivity contribution in [3.63, 3.8) is 0 Å². The Bertz CT molecular complexity index is 419. The molecule has 0 fully saturated rings. The molecule has 3 unspecified atom stereocenters. The van der Waals surface area contributed by atoms with Crippen LogP contribution in [0.4, 0.5) is 0 Å². The average molecular weight is 265 g/mol. The van der Waals surface area contributed by atoms with Gasteiger partial charge in [-0.1, -0.05) is 24.3 Å². The van der Waals surface area contributed by atoms with Gasteiger partial charge in [-0.3, -0.25) is 4.21 Å². The van der Waals surface area contributed by atoms with E-state index in [-0.39, 0.29) is 0 Å². The SMILES string of the molecule is CC(CCS(C)=O)NC1CCc2ccccc2C1. The molecule has 0 radical (unpaired) electrons. The van der Waals surface area contributed by atoms with Gasteiger partial charge in [0.25, 0.3) is 0 Å². The van der Waals surface area contributed by atoms with Crippen LogP contribution >= 0.6 is 0 Å². The first-order chi connectivity index (χ1) is 8.65. The molecule has 1 aromatic rings. The molecule has 0 heterocycles. The minimum atomic E-state index is -0.669. The second kappa shape index (κ2) is 6.48. The van der Waals surface area contributed by atoms with Gasteiger partial charge in [0.1, 0.15) is 0 Å². The van der Waals surface area contributed by atoms with Crippen molar-refractivity contribution in [2.75, 3.05) is 12.0 Å². The van der Waals surface area contributed by atoms with Gasteiger partial charge < -0.3 is 5.32 Å². The van der Waals surface area contributed by atoms with Crippen molar-refractivity contribution in [3.05, 3.63) is 35.4 Å². The van der Waals surface area contributed by atoms with Crippen LogP contribution in [0.3, 0.4) is 0 Å². The van der Waals surface area contributed by atoms with Gasteiger partial charge in [-0.2, -0.15) is 0 Å². The first-order valence-electron chi connectivity index (χ1n) is 6.78. The second-order valence-corrected chi connectivity index (χ2v) is 6.90. The summed E-state index contributed by atoms with van der Waals surface area (Å²) in [4.78, 5) is 0. The van der Waals surface area contributed by atoms with Crippen LogP contribution in [0.15, 0.2) is 24.3 Å². The first kappa shape index (κ1) is 13.8. The van der Waals surface area contributed by atoms with Crippen LogP contribution in [0, 0.1) is 0 Å². The molecule has 1 N–H and O–H groups in total. The van der Waals surface area contributed by atoms with E-state index in [9.17, 15) is 4.21 Å². The Kier molecular flexibility index (Phi) is 4.95. The third-order valence-corrected chi connectivity index (χ3v) is 4.52. The van der Waals surface area contributed by atoms with Crippen LogP contribution in [-0.2, 0) is 23.6 Å². The van der Waals surface area contributed by atoms with Gasteiger partial charge in [-0.05, 0) is 43.7 Å². The molecule has 1 aliphatic rings. The monoisotopic (exact) mass is 265 g/mol. The van der Waals surface area contributed by atoms with E-state index < -0.39 is 10.8 Å². The minimum Gasteiger partial charge on any atom is -0.311 e. The molecule has 100 valence electrons. The van der Waals surface area contributed by atoms with Crippen molar-refractivity contribution < 1.29 is 4.21 Å². The van der Waals surface area contributed by atoms with Crippen molar-refractivity contribution >= 4 is 10.8 Å². The van der Waals surface area contributed by atoms with E-state index in [1.165, 1.54) is 24.0 Å². The molecule has 0 bridgehead atoms. The Morgan fingerprint density at radius 2 is 2.11 bits per heavy atom. The summed E-state index contributed by atoms with van der Waals surface area (Å²) < 4.78 is 11.1. The predicted octanol–water partition coefficient (Wildman–Crippen LogP) is 2.29. The molecular formula is C15H23NOS. The molecule has 3 heteroatoms. The van der Waals surface area contributed by atoms with Crippen molar-refractivity contribution in [3.8, 4) is 0 Å². The van der Waals surface area contributed by atoms with Gasteiger partial charge in [-0.25, -0.2) is 0 Å². The van der Waals surface area contributed by atoms with E-state index in [0.717, 1.165) is 18.6 Å². The molecule has 2 rings (SSSR count). The molecule has 0 aromatic heterocycles. The molecule has 3 atom stereocenters. The first-order valence-corrected chi connectivity index (χ1v) is 8.50. The lowest BCUT2D eigenvalue weighted by molar-refractivity contribution is 0.402. The van der Waals surface area contributed by atoms with Crippen LogP contribution in [0.2, 0.25) is 0 Å². The number of hydrogen-bond acceptors (Lipinski definition) is 2. The second-order valence-electron chi connectivity index (χ2n) is 5.34. The fraction of sp³-hybridized carbons (Fsp3) is 0.600. The van der Waals surface area contributed by atoms with Gasteiger partial charge in [0, 0.05) is 34.9 Å². The standard InChI is InChI=1S/C15H23NOS/c1-12(9-10-18(2)17)16-15-8-7-13-5-3-4-6-14(13)11-15/h3-6,12,15-16H,7-11H2,1-2H3. The summed E-state index contributed by atoms with van der Waals surface area (Å²) in [6.45, 7) is 2.20. The normalized spacial score (nSPS) is 22.2. The zero-order chi connectivity index (χ0) is 13.0. The maximum Gasteiger partial charge on any atom is 0.0246 e. The lowest BCUT2D eigenvalue weighted by Crippen LogP contribution is -2.40. The van der Waals surface area contributed by atoms with Gasteiger partial charge >= 0.3 is 0 Å². The van der Waals surface area contributed by atoms with E-state index in [0.29, 0.717) is 12.1 Å². The van der Waals surface area contributed by atoms with Crippen LogP contribution < -0.4 is 5.32 Å². The molecule has 0 saturated carbocycles. The Labute approximate surface area is 113 Å². The van der Waals surface area contributed by atoms with Crippen LogP contribution in [0.1, 0.15) is 30.9 Å². The van der Waals surface area contributed by atoms with Crippen LogP contribution in [0.5, 0.6) is 0 Å². The summed E-state index contributed by atoms with van der Waals surface area (Å²) in [5, 5.41) is 3.68. The minimum absolute atomic E-state index is 0.462. The number of rotatable bonds is 5. The van der Waals surface area contributed by atoms with E-state index in [2.05, 4.69) is 36.5 Å². The van der Waals surface area contributed by atoms with E-state index in [1.54, 1.807) is 6.26 Å². The highest BCUT2D eigenvalue weighted by Gasteiger charge is 2.19. The predicted molar refractivity (Wildman–Crippen MR) is 78.4 cm³/mol. The average Bonchev–Trinajstić information content (AvgIpc) is 2.36. The Balaban J connectivity index is 1.84. The van der Waals surface area contributed by atoms with Gasteiger partial charge in [0.05, 0.1) is 0 Å². The highest BCUT2D eigenvalue weighted by molar-refractivity contribution is 7.84. The van der Waals surface area contributed by atoms with E-state index in [4.69, 9.17) is 0 Å². The van der Waals surface area contributed by atoms with Crippen molar-refractivity contribution in [1.82, 2.24) is 5.32 Å². The summed E-state index contributed by atoms with van der Waals surface area (Å²) in [5.74, 6) is 0.803. The molecule has 1 aliphatic carbocycles. The molecule has 0 amide bonds. The van der Waals surface area contributed by atoms with Gasteiger partial charge in [-0.15, -0.1) is 0 Å². The van der Waals surface area contributed by atoms with Crippen molar-refractivity contribution in [2.45, 2.75) is 44.7 Å². The lowest BCUT2D eigenvalue weighted by atomic mass is 9.88. The lowest BCUT2D eigenvalue weighted by Gasteiger charge is -2.28. The number of nitrogens with one attached hydrogen (secondary N) is 1. The van der Waals surface area contributed by atoms with E-state index in [1.807, 2.05) is 0 Å². The van der Waals surface area contributed by atoms with Crippen LogP contribution in [-0.4, -0.2) is 28.3 Å². The summed E-state index contributed by atoms with van der Waals surface area (Å²) >= 11 is 0. The Hall–Kier alpha value is -0.670. The third-order valence-electron chi connectivity index (χ3n) is 3.71. The van der Waals surface area contributed by atoms with Gasteiger partial charge in [0.2, 0.25) is 0 Å². The molecule has 0 spiro atoms. The Morgan fingerprint density at radius 1 is 1.39 bits per heavy atom. The summed E-state index contributed by atoms with van der Waals surface area (Å²) in [7, 11) is -0.669. The van der Waals surface area contributed by atoms with Crippen LogP contribution in [0.25, 0.3) is 0 Å². The quantitative estimate of drug-likeness (QED) is 0.885. The maximum atomic E-state index is 11.1. The van der Waals surface area contributed by atoms with Crippen molar-refractivity contribution in [2.24, 2.45) is 0 Å². The third kappa shape index (κ3) is 3.92.